The molecule has 1 aromatic carbocycles. The number of hydrogen-bond acceptors (Lipinski definition) is 4. The van der Waals surface area contributed by atoms with Crippen LogP contribution in [-0.2, 0) is 14.6 Å². The number of benzene rings is 1. The van der Waals surface area contributed by atoms with Gasteiger partial charge in [-0.25, -0.2) is 12.8 Å². The summed E-state index contributed by atoms with van der Waals surface area (Å²) in [6, 6.07) is 9.33. The smallest absolute Gasteiger partial charge is 0.246 e. The SMILES string of the molecule is CC(C)CN(C(=O)C=Cc1ccc(-c2ccccc2F)o1)C1CCS(=O)(=O)C1. The Bertz CT molecular complexity index is 978. The molecule has 28 heavy (non-hydrogen) atoms. The van der Waals surface area contributed by atoms with Crippen LogP contribution < -0.4 is 0 Å². The van der Waals surface area contributed by atoms with Crippen LogP contribution in [0.25, 0.3) is 17.4 Å². The average molecular weight is 405 g/mol. The summed E-state index contributed by atoms with van der Waals surface area (Å²) < 4.78 is 43.1. The van der Waals surface area contributed by atoms with Crippen LogP contribution in [0.1, 0.15) is 26.0 Å². The van der Waals surface area contributed by atoms with Crippen LogP contribution in [0.5, 0.6) is 0 Å². The zero-order chi connectivity index (χ0) is 20.3. The van der Waals surface area contributed by atoms with E-state index in [9.17, 15) is 17.6 Å². The molecule has 0 spiro atoms. The largest absolute Gasteiger partial charge is 0.457 e. The predicted octanol–water partition coefficient (Wildman–Crippen LogP) is 3.77. The van der Waals surface area contributed by atoms with Crippen molar-refractivity contribution < 1.29 is 22.0 Å². The van der Waals surface area contributed by atoms with E-state index in [2.05, 4.69) is 0 Å². The van der Waals surface area contributed by atoms with Crippen LogP contribution in [0.4, 0.5) is 4.39 Å². The summed E-state index contributed by atoms with van der Waals surface area (Å²) in [7, 11) is -3.08. The highest BCUT2D eigenvalue weighted by atomic mass is 32.2. The first kappa shape index (κ1) is 20.3. The van der Waals surface area contributed by atoms with Crippen molar-refractivity contribution in [3.8, 4) is 11.3 Å². The number of halogens is 1. The Hall–Kier alpha value is -2.41. The number of furan rings is 1. The molecule has 2 aromatic rings. The first-order chi connectivity index (χ1) is 13.2. The van der Waals surface area contributed by atoms with Gasteiger partial charge in [-0.3, -0.25) is 4.79 Å². The monoisotopic (exact) mass is 405 g/mol. The van der Waals surface area contributed by atoms with Gasteiger partial charge in [0.2, 0.25) is 5.91 Å². The average Bonchev–Trinajstić information content (AvgIpc) is 3.24. The fourth-order valence-electron chi connectivity index (χ4n) is 3.33. The highest BCUT2D eigenvalue weighted by Crippen LogP contribution is 2.25. The van der Waals surface area contributed by atoms with Crippen molar-refractivity contribution in [2.24, 2.45) is 5.92 Å². The Morgan fingerprint density at radius 1 is 1.29 bits per heavy atom. The zero-order valence-corrected chi connectivity index (χ0v) is 16.8. The van der Waals surface area contributed by atoms with Crippen molar-refractivity contribution in [2.75, 3.05) is 18.1 Å². The normalized spacial score (nSPS) is 18.8. The molecule has 0 aliphatic carbocycles. The van der Waals surface area contributed by atoms with Gasteiger partial charge in [-0.05, 0) is 42.7 Å². The van der Waals surface area contributed by atoms with Crippen LogP contribution in [0.2, 0.25) is 0 Å². The van der Waals surface area contributed by atoms with Gasteiger partial charge < -0.3 is 9.32 Å². The number of rotatable bonds is 6. The summed E-state index contributed by atoms with van der Waals surface area (Å²) in [4.78, 5) is 14.4. The quantitative estimate of drug-likeness (QED) is 0.686. The molecule has 1 amide bonds. The van der Waals surface area contributed by atoms with E-state index in [0.717, 1.165) is 0 Å². The molecule has 1 saturated heterocycles. The van der Waals surface area contributed by atoms with Crippen molar-refractivity contribution in [3.05, 3.63) is 54.1 Å². The third-order valence-corrected chi connectivity index (χ3v) is 6.40. The van der Waals surface area contributed by atoms with Gasteiger partial charge in [-0.2, -0.15) is 0 Å². The molecule has 3 rings (SSSR count). The molecule has 1 aromatic heterocycles. The molecule has 5 nitrogen and oxygen atoms in total. The summed E-state index contributed by atoms with van der Waals surface area (Å²) in [6.45, 7) is 4.46. The molecule has 1 fully saturated rings. The lowest BCUT2D eigenvalue weighted by Crippen LogP contribution is -2.42. The van der Waals surface area contributed by atoms with Gasteiger partial charge in [-0.15, -0.1) is 0 Å². The lowest BCUT2D eigenvalue weighted by molar-refractivity contribution is -0.128. The van der Waals surface area contributed by atoms with Crippen LogP contribution in [0.3, 0.4) is 0 Å². The Kier molecular flexibility index (Phi) is 6.03. The first-order valence-electron chi connectivity index (χ1n) is 9.29. The number of carbonyl (C=O) groups is 1. The second kappa shape index (κ2) is 8.31. The maximum absolute atomic E-state index is 13.9. The molecule has 0 saturated carbocycles. The van der Waals surface area contributed by atoms with E-state index < -0.39 is 9.84 Å². The minimum atomic E-state index is -3.08. The first-order valence-corrected chi connectivity index (χ1v) is 11.1. The molecule has 150 valence electrons. The number of carbonyl (C=O) groups excluding carboxylic acids is 1. The van der Waals surface area contributed by atoms with E-state index in [4.69, 9.17) is 4.42 Å². The van der Waals surface area contributed by atoms with Crippen LogP contribution in [0.15, 0.2) is 46.9 Å². The third-order valence-electron chi connectivity index (χ3n) is 4.65. The Morgan fingerprint density at radius 2 is 2.04 bits per heavy atom. The fourth-order valence-corrected chi connectivity index (χ4v) is 5.06. The van der Waals surface area contributed by atoms with Gasteiger partial charge >= 0.3 is 0 Å². The summed E-state index contributed by atoms with van der Waals surface area (Å²) in [6.07, 6.45) is 3.38. The minimum absolute atomic E-state index is 0.0114. The van der Waals surface area contributed by atoms with Crippen molar-refractivity contribution in [1.29, 1.82) is 0 Å². The Labute approximate surface area is 164 Å². The van der Waals surface area contributed by atoms with Gasteiger partial charge in [-0.1, -0.05) is 26.0 Å². The fraction of sp³-hybridized carbons (Fsp3) is 0.381. The molecular formula is C21H24FNO4S. The maximum Gasteiger partial charge on any atom is 0.246 e. The van der Waals surface area contributed by atoms with Gasteiger partial charge in [0, 0.05) is 18.7 Å². The number of sulfone groups is 1. The van der Waals surface area contributed by atoms with Crippen molar-refractivity contribution in [3.63, 3.8) is 0 Å². The van der Waals surface area contributed by atoms with E-state index in [1.807, 2.05) is 13.8 Å². The highest BCUT2D eigenvalue weighted by Gasteiger charge is 2.34. The predicted molar refractivity (Wildman–Crippen MR) is 107 cm³/mol. The molecule has 0 radical (unpaired) electrons. The summed E-state index contributed by atoms with van der Waals surface area (Å²) in [5.74, 6) is 0.525. The van der Waals surface area contributed by atoms with Crippen molar-refractivity contribution >= 4 is 21.8 Å². The minimum Gasteiger partial charge on any atom is -0.457 e. The standard InChI is InChI=1S/C21H24FNO4S/c1-15(2)13-23(16-11-12-28(25,26)14-16)21(24)10-8-17-7-9-20(27-17)18-5-3-4-6-19(18)22/h3-10,15-16H,11-14H2,1-2H3. The van der Waals surface area contributed by atoms with Crippen molar-refractivity contribution in [2.45, 2.75) is 26.3 Å². The molecule has 1 unspecified atom stereocenters. The maximum atomic E-state index is 13.9. The summed E-state index contributed by atoms with van der Waals surface area (Å²) in [5, 5.41) is 0. The van der Waals surface area contributed by atoms with Crippen LogP contribution in [0, 0.1) is 11.7 Å². The van der Waals surface area contributed by atoms with E-state index in [1.165, 1.54) is 18.2 Å². The molecular weight excluding hydrogens is 381 g/mol. The van der Waals surface area contributed by atoms with Crippen molar-refractivity contribution in [1.82, 2.24) is 4.90 Å². The van der Waals surface area contributed by atoms with E-state index >= 15 is 0 Å². The topological polar surface area (TPSA) is 67.6 Å². The van der Waals surface area contributed by atoms with Gasteiger partial charge in [0.1, 0.15) is 17.3 Å². The number of hydrogen-bond donors (Lipinski definition) is 0. The molecule has 2 heterocycles. The molecule has 7 heteroatoms. The van der Waals surface area contributed by atoms with E-state index in [1.54, 1.807) is 35.2 Å². The number of amides is 1. The zero-order valence-electron chi connectivity index (χ0n) is 16.0. The Balaban J connectivity index is 1.75. The van der Waals surface area contributed by atoms with Gasteiger partial charge in [0.15, 0.2) is 9.84 Å². The lowest BCUT2D eigenvalue weighted by atomic mass is 10.1. The molecule has 0 bridgehead atoms. The lowest BCUT2D eigenvalue weighted by Gasteiger charge is -2.28. The Morgan fingerprint density at radius 3 is 2.68 bits per heavy atom. The van der Waals surface area contributed by atoms with Gasteiger partial charge in [0.05, 0.1) is 17.1 Å². The molecule has 1 aliphatic heterocycles. The molecule has 0 N–H and O–H groups in total. The highest BCUT2D eigenvalue weighted by molar-refractivity contribution is 7.91. The third kappa shape index (κ3) is 4.90. The van der Waals surface area contributed by atoms with Gasteiger partial charge in [0.25, 0.3) is 0 Å². The molecule has 1 aliphatic rings. The summed E-state index contributed by atoms with van der Waals surface area (Å²) in [5.41, 5.74) is 0.353. The second-order valence-electron chi connectivity index (χ2n) is 7.46. The van der Waals surface area contributed by atoms with Crippen LogP contribution >= 0.6 is 0 Å². The van der Waals surface area contributed by atoms with E-state index in [0.29, 0.717) is 30.0 Å². The summed E-state index contributed by atoms with van der Waals surface area (Å²) >= 11 is 0. The molecule has 1 atom stereocenters. The second-order valence-corrected chi connectivity index (χ2v) is 9.69. The number of nitrogens with zero attached hydrogens (tertiary/aromatic N) is 1. The van der Waals surface area contributed by atoms with Crippen LogP contribution in [-0.4, -0.2) is 43.3 Å². The van der Waals surface area contributed by atoms with E-state index in [-0.39, 0.29) is 35.2 Å².